The van der Waals surface area contributed by atoms with Crippen molar-refractivity contribution >= 4 is 21.4 Å². The summed E-state index contributed by atoms with van der Waals surface area (Å²) in [5.74, 6) is -0.0233. The number of nitrogen functional groups attached to an aromatic ring is 1. The molecule has 10 heteroatoms. The number of amides is 1. The summed E-state index contributed by atoms with van der Waals surface area (Å²) in [6.07, 6.45) is 6.81. The fourth-order valence-electron chi connectivity index (χ4n) is 4.15. The van der Waals surface area contributed by atoms with Gasteiger partial charge >= 0.3 is 6.18 Å². The molecule has 1 atom stereocenters. The fourth-order valence-corrected chi connectivity index (χ4v) is 5.64. The maximum absolute atomic E-state index is 13.0. The molecule has 0 heterocycles. The predicted molar refractivity (Wildman–Crippen MR) is 143 cm³/mol. The molecule has 6 nitrogen and oxygen atoms in total. The number of alkyl halides is 3. The Kier molecular flexibility index (Phi) is 14.6. The molecule has 0 aliphatic heterocycles. The second kappa shape index (κ2) is 16.2. The Morgan fingerprint density at radius 1 is 0.919 bits per heavy atom. The number of rotatable bonds is 19. The standard InChI is InChI=1S/C27H45F3N2O4S/c1-3-4-13-18-37(35,36)19-14-11-9-7-5-6-8-10-12-17-26(2,34)25(33)32-21-22-15-16-24(31)23(20-22)27(28,29)30/h15-16,20,34H,3-14,17-19,21,31H2,1-2H3,(H,32,33)/t26-/m0/s1. The molecule has 214 valence electrons. The number of anilines is 1. The third-order valence-corrected chi connectivity index (χ3v) is 8.36. The van der Waals surface area contributed by atoms with E-state index in [0.717, 1.165) is 82.8 Å². The molecule has 0 saturated carbocycles. The summed E-state index contributed by atoms with van der Waals surface area (Å²) >= 11 is 0. The highest BCUT2D eigenvalue weighted by atomic mass is 32.2. The second-order valence-electron chi connectivity index (χ2n) is 10.2. The predicted octanol–water partition coefficient (Wildman–Crippen LogP) is 6.16. The number of benzene rings is 1. The van der Waals surface area contributed by atoms with Gasteiger partial charge in [0.2, 0.25) is 0 Å². The number of aliphatic hydroxyl groups is 1. The molecule has 1 aromatic rings. The van der Waals surface area contributed by atoms with E-state index in [2.05, 4.69) is 12.2 Å². The molecule has 0 unspecified atom stereocenters. The molecule has 37 heavy (non-hydrogen) atoms. The third kappa shape index (κ3) is 14.1. The van der Waals surface area contributed by atoms with Crippen molar-refractivity contribution < 1.29 is 31.5 Å². The molecule has 0 fully saturated rings. The first-order valence-electron chi connectivity index (χ1n) is 13.4. The molecule has 0 aromatic heterocycles. The lowest BCUT2D eigenvalue weighted by Gasteiger charge is -2.22. The van der Waals surface area contributed by atoms with E-state index in [1.165, 1.54) is 13.0 Å². The molecule has 1 rings (SSSR count). The first-order chi connectivity index (χ1) is 17.3. The number of unbranched alkanes of at least 4 members (excludes halogenated alkanes) is 10. The van der Waals surface area contributed by atoms with Crippen molar-refractivity contribution in [2.75, 3.05) is 17.2 Å². The molecule has 4 N–H and O–H groups in total. The van der Waals surface area contributed by atoms with Gasteiger partial charge in [-0.3, -0.25) is 4.79 Å². The van der Waals surface area contributed by atoms with Crippen molar-refractivity contribution in [2.45, 2.75) is 116 Å². The Bertz CT molecular complexity index is 919. The minimum atomic E-state index is -4.58. The van der Waals surface area contributed by atoms with Gasteiger partial charge in [-0.15, -0.1) is 0 Å². The summed E-state index contributed by atoms with van der Waals surface area (Å²) in [6.45, 7) is 3.34. The molecule has 0 aliphatic carbocycles. The Balaban J connectivity index is 2.16. The maximum Gasteiger partial charge on any atom is 0.418 e. The van der Waals surface area contributed by atoms with Crippen LogP contribution in [0, 0.1) is 0 Å². The highest BCUT2D eigenvalue weighted by molar-refractivity contribution is 7.91. The van der Waals surface area contributed by atoms with Crippen LogP contribution >= 0.6 is 0 Å². The van der Waals surface area contributed by atoms with E-state index in [1.807, 2.05) is 0 Å². The Morgan fingerprint density at radius 2 is 1.43 bits per heavy atom. The van der Waals surface area contributed by atoms with Crippen molar-refractivity contribution in [3.05, 3.63) is 29.3 Å². The van der Waals surface area contributed by atoms with Gasteiger partial charge in [0.25, 0.3) is 5.91 Å². The Labute approximate surface area is 220 Å². The van der Waals surface area contributed by atoms with Crippen LogP contribution in [0.5, 0.6) is 0 Å². The SMILES string of the molecule is CCCCCS(=O)(=O)CCCCCCCCCCC[C@](C)(O)C(=O)NCc1ccc(N)c(C(F)(F)F)c1. The van der Waals surface area contributed by atoms with Crippen molar-refractivity contribution in [2.24, 2.45) is 0 Å². The molecular weight excluding hydrogens is 505 g/mol. The second-order valence-corrected chi connectivity index (χ2v) is 12.5. The number of hydrogen-bond acceptors (Lipinski definition) is 5. The van der Waals surface area contributed by atoms with E-state index in [4.69, 9.17) is 5.73 Å². The molecule has 0 aliphatic rings. The van der Waals surface area contributed by atoms with Crippen LogP contribution in [-0.2, 0) is 27.4 Å². The van der Waals surface area contributed by atoms with Crippen molar-refractivity contribution in [1.82, 2.24) is 5.32 Å². The zero-order chi connectivity index (χ0) is 28.0. The molecule has 0 radical (unpaired) electrons. The number of carbonyl (C=O) groups is 1. The van der Waals surface area contributed by atoms with E-state index in [-0.39, 0.29) is 24.2 Å². The van der Waals surface area contributed by atoms with Gasteiger partial charge in [-0.05, 0) is 43.9 Å². The van der Waals surface area contributed by atoms with Crippen LogP contribution in [0.25, 0.3) is 0 Å². The van der Waals surface area contributed by atoms with Gasteiger partial charge in [0.1, 0.15) is 15.4 Å². The minimum absolute atomic E-state index is 0.136. The number of nitrogens with two attached hydrogens (primary N) is 1. The first kappa shape index (κ1) is 33.2. The third-order valence-electron chi connectivity index (χ3n) is 6.54. The van der Waals surface area contributed by atoms with E-state index >= 15 is 0 Å². The average molecular weight is 551 g/mol. The molecule has 0 bridgehead atoms. The van der Waals surface area contributed by atoms with E-state index in [0.29, 0.717) is 17.9 Å². The van der Waals surface area contributed by atoms with Crippen LogP contribution in [0.4, 0.5) is 18.9 Å². The summed E-state index contributed by atoms with van der Waals surface area (Å²) in [6, 6.07) is 3.47. The molecular formula is C27H45F3N2O4S. The zero-order valence-corrected chi connectivity index (χ0v) is 23.2. The lowest BCUT2D eigenvalue weighted by molar-refractivity contribution is -0.139. The number of hydrogen-bond donors (Lipinski definition) is 3. The van der Waals surface area contributed by atoms with Gasteiger partial charge in [-0.25, -0.2) is 8.42 Å². The van der Waals surface area contributed by atoms with Crippen LogP contribution in [0.1, 0.15) is 108 Å². The van der Waals surface area contributed by atoms with E-state index in [1.54, 1.807) is 0 Å². The van der Waals surface area contributed by atoms with Crippen molar-refractivity contribution in [1.29, 1.82) is 0 Å². The van der Waals surface area contributed by atoms with Gasteiger partial charge in [-0.1, -0.05) is 77.2 Å². The minimum Gasteiger partial charge on any atom is -0.398 e. The normalized spacial score (nSPS) is 13.9. The van der Waals surface area contributed by atoms with Crippen LogP contribution in [0.15, 0.2) is 18.2 Å². The largest absolute Gasteiger partial charge is 0.418 e. The van der Waals surface area contributed by atoms with E-state index in [9.17, 15) is 31.5 Å². The van der Waals surface area contributed by atoms with Gasteiger partial charge in [0.05, 0.1) is 17.1 Å². The Hall–Kier alpha value is -1.81. The highest BCUT2D eigenvalue weighted by Gasteiger charge is 2.33. The Morgan fingerprint density at radius 3 is 1.97 bits per heavy atom. The quantitative estimate of drug-likeness (QED) is 0.141. The lowest BCUT2D eigenvalue weighted by atomic mass is 9.96. The first-order valence-corrected chi connectivity index (χ1v) is 15.3. The summed E-state index contributed by atoms with van der Waals surface area (Å²) in [5.41, 5.74) is 2.72. The lowest BCUT2D eigenvalue weighted by Crippen LogP contribution is -2.44. The molecule has 1 amide bonds. The number of halogens is 3. The fraction of sp³-hybridized carbons (Fsp3) is 0.741. The number of sulfone groups is 1. The van der Waals surface area contributed by atoms with Crippen LogP contribution < -0.4 is 11.1 Å². The van der Waals surface area contributed by atoms with Crippen molar-refractivity contribution in [3.63, 3.8) is 0 Å². The average Bonchev–Trinajstić information content (AvgIpc) is 2.81. The van der Waals surface area contributed by atoms with Crippen molar-refractivity contribution in [3.8, 4) is 0 Å². The van der Waals surface area contributed by atoms with Crippen LogP contribution in [0.2, 0.25) is 0 Å². The molecule has 0 spiro atoms. The number of nitrogens with one attached hydrogen (secondary N) is 1. The smallest absolute Gasteiger partial charge is 0.398 e. The summed E-state index contributed by atoms with van der Waals surface area (Å²) in [4.78, 5) is 12.4. The van der Waals surface area contributed by atoms with Gasteiger partial charge < -0.3 is 16.2 Å². The van der Waals surface area contributed by atoms with Gasteiger partial charge in [0, 0.05) is 12.2 Å². The molecule has 1 aromatic carbocycles. The van der Waals surface area contributed by atoms with E-state index < -0.39 is 33.1 Å². The molecule has 0 saturated heterocycles. The van der Waals surface area contributed by atoms with Crippen LogP contribution in [-0.4, -0.2) is 36.5 Å². The zero-order valence-electron chi connectivity index (χ0n) is 22.3. The van der Waals surface area contributed by atoms with Crippen LogP contribution in [0.3, 0.4) is 0 Å². The summed E-state index contributed by atoms with van der Waals surface area (Å²) in [5, 5.41) is 13.0. The van der Waals surface area contributed by atoms with Gasteiger partial charge in [0.15, 0.2) is 0 Å². The maximum atomic E-state index is 13.0. The monoisotopic (exact) mass is 550 g/mol. The summed E-state index contributed by atoms with van der Waals surface area (Å²) < 4.78 is 62.8. The summed E-state index contributed by atoms with van der Waals surface area (Å²) in [7, 11) is -2.90. The topological polar surface area (TPSA) is 109 Å². The number of carbonyl (C=O) groups excluding carboxylic acids is 1. The van der Waals surface area contributed by atoms with Gasteiger partial charge in [-0.2, -0.15) is 13.2 Å². The highest BCUT2D eigenvalue weighted by Crippen LogP contribution is 2.34.